The molecule has 0 spiro atoms. The Morgan fingerprint density at radius 3 is 2.52 bits per heavy atom. The molecule has 0 unspecified atom stereocenters. The van der Waals surface area contributed by atoms with E-state index in [2.05, 4.69) is 0 Å². The van der Waals surface area contributed by atoms with Gasteiger partial charge in [-0.3, -0.25) is 9.59 Å². The van der Waals surface area contributed by atoms with Crippen LogP contribution in [-0.2, 0) is 28.5 Å². The Morgan fingerprint density at radius 2 is 1.93 bits per heavy atom. The van der Waals surface area contributed by atoms with E-state index in [1.54, 1.807) is 18.7 Å². The molecule has 8 atom stereocenters. The fraction of sp³-hybridized carbons (Fsp3) is 0.889. The van der Waals surface area contributed by atoms with Gasteiger partial charge in [-0.25, -0.2) is 0 Å². The van der Waals surface area contributed by atoms with Crippen LogP contribution in [0, 0.1) is 11.3 Å². The van der Waals surface area contributed by atoms with Gasteiger partial charge in [0.2, 0.25) is 0 Å². The molecule has 4 fully saturated rings. The molecule has 1 amide bonds. The molecule has 9 heteroatoms. The van der Waals surface area contributed by atoms with Crippen molar-refractivity contribution in [3.05, 3.63) is 0 Å². The first-order valence-electron chi connectivity index (χ1n) is 9.29. The van der Waals surface area contributed by atoms with Gasteiger partial charge in [0, 0.05) is 18.4 Å². The number of hydrogen-bond acceptors (Lipinski definition) is 8. The average Bonchev–Trinajstić information content (AvgIpc) is 3.08. The maximum absolute atomic E-state index is 12.6. The van der Waals surface area contributed by atoms with E-state index < -0.39 is 41.7 Å². The summed E-state index contributed by atoms with van der Waals surface area (Å²) in [5.74, 6) is -1.80. The number of carbonyl (C=O) groups is 2. The van der Waals surface area contributed by atoms with Gasteiger partial charge in [0.15, 0.2) is 11.9 Å². The second-order valence-electron chi connectivity index (χ2n) is 8.66. The van der Waals surface area contributed by atoms with E-state index in [1.807, 2.05) is 6.92 Å². The SMILES string of the molecule is CO[C@@H]1C(=O)N2[C@H]([C@@H](O)[C@@H](O)[C@H]3COC(C)(C)O3)[C@@H]3CC(=O)OC[C@]3(C)[C@H]12. The highest BCUT2D eigenvalue weighted by Gasteiger charge is 2.71. The molecule has 0 saturated carbocycles. The first-order valence-corrected chi connectivity index (χ1v) is 9.29. The summed E-state index contributed by atoms with van der Waals surface area (Å²) in [6, 6.07) is -1.02. The van der Waals surface area contributed by atoms with Gasteiger partial charge in [0.05, 0.1) is 31.7 Å². The molecule has 0 bridgehead atoms. The van der Waals surface area contributed by atoms with Crippen LogP contribution in [0.25, 0.3) is 0 Å². The zero-order valence-electron chi connectivity index (χ0n) is 16.0. The zero-order valence-corrected chi connectivity index (χ0v) is 16.0. The molecule has 4 aliphatic heterocycles. The third-order valence-corrected chi connectivity index (χ3v) is 6.64. The van der Waals surface area contributed by atoms with Crippen molar-refractivity contribution in [1.29, 1.82) is 0 Å². The second-order valence-corrected chi connectivity index (χ2v) is 8.66. The highest BCUT2D eigenvalue weighted by molar-refractivity contribution is 5.90. The summed E-state index contributed by atoms with van der Waals surface area (Å²) < 4.78 is 21.8. The van der Waals surface area contributed by atoms with Crippen LogP contribution in [0.3, 0.4) is 0 Å². The van der Waals surface area contributed by atoms with Crippen molar-refractivity contribution in [3.63, 3.8) is 0 Å². The van der Waals surface area contributed by atoms with E-state index in [0.717, 1.165) is 0 Å². The number of carbonyl (C=O) groups excluding carboxylic acids is 2. The van der Waals surface area contributed by atoms with Crippen molar-refractivity contribution in [2.45, 2.75) is 69.5 Å². The molecule has 4 heterocycles. The summed E-state index contributed by atoms with van der Waals surface area (Å²) in [5, 5.41) is 21.8. The smallest absolute Gasteiger partial charge is 0.306 e. The van der Waals surface area contributed by atoms with Crippen molar-refractivity contribution in [3.8, 4) is 0 Å². The fourth-order valence-electron chi connectivity index (χ4n) is 5.24. The topological polar surface area (TPSA) is 115 Å². The van der Waals surface area contributed by atoms with Crippen LogP contribution < -0.4 is 0 Å². The average molecular weight is 385 g/mol. The number of rotatable bonds is 4. The zero-order chi connectivity index (χ0) is 19.7. The fourth-order valence-corrected chi connectivity index (χ4v) is 5.24. The Hall–Kier alpha value is -1.26. The summed E-state index contributed by atoms with van der Waals surface area (Å²) >= 11 is 0. The van der Waals surface area contributed by atoms with E-state index >= 15 is 0 Å². The summed E-state index contributed by atoms with van der Waals surface area (Å²) in [7, 11) is 1.47. The van der Waals surface area contributed by atoms with E-state index in [1.165, 1.54) is 7.11 Å². The minimum Gasteiger partial charge on any atom is -0.465 e. The largest absolute Gasteiger partial charge is 0.465 e. The Morgan fingerprint density at radius 1 is 1.22 bits per heavy atom. The number of ether oxygens (including phenoxy) is 4. The highest BCUT2D eigenvalue weighted by Crippen LogP contribution is 2.56. The molecule has 0 aromatic rings. The predicted molar refractivity (Wildman–Crippen MR) is 89.3 cm³/mol. The van der Waals surface area contributed by atoms with E-state index in [-0.39, 0.29) is 43.5 Å². The van der Waals surface area contributed by atoms with Gasteiger partial charge in [-0.15, -0.1) is 0 Å². The van der Waals surface area contributed by atoms with Crippen LogP contribution in [0.1, 0.15) is 27.2 Å². The van der Waals surface area contributed by atoms with Crippen LogP contribution in [0.2, 0.25) is 0 Å². The number of aliphatic hydroxyl groups excluding tert-OH is 2. The Bertz CT molecular complexity index is 653. The lowest BCUT2D eigenvalue weighted by molar-refractivity contribution is -0.187. The van der Waals surface area contributed by atoms with Gasteiger partial charge in [-0.05, 0) is 13.8 Å². The Labute approximate surface area is 157 Å². The van der Waals surface area contributed by atoms with Gasteiger partial charge < -0.3 is 34.1 Å². The molecule has 4 rings (SSSR count). The summed E-state index contributed by atoms with van der Waals surface area (Å²) in [6.07, 6.45) is -3.81. The number of β-lactam (4-membered cyclic amide) rings is 1. The number of nitrogens with zero attached hydrogens (tertiary/aromatic N) is 1. The summed E-state index contributed by atoms with van der Waals surface area (Å²) in [4.78, 5) is 26.1. The lowest BCUT2D eigenvalue weighted by Gasteiger charge is -2.49. The molecule has 4 aliphatic rings. The third kappa shape index (κ3) is 2.63. The number of esters is 1. The maximum atomic E-state index is 12.6. The molecule has 0 aromatic carbocycles. The quantitative estimate of drug-likeness (QED) is 0.470. The molecule has 152 valence electrons. The summed E-state index contributed by atoms with van der Waals surface area (Å²) in [6.45, 7) is 5.69. The van der Waals surface area contributed by atoms with Crippen LogP contribution in [0.4, 0.5) is 0 Å². The third-order valence-electron chi connectivity index (χ3n) is 6.64. The van der Waals surface area contributed by atoms with Crippen LogP contribution in [0.5, 0.6) is 0 Å². The minimum absolute atomic E-state index is 0.0785. The van der Waals surface area contributed by atoms with Crippen LogP contribution in [-0.4, -0.2) is 89.6 Å². The van der Waals surface area contributed by atoms with Gasteiger partial charge in [-0.1, -0.05) is 6.92 Å². The number of hydrogen-bond donors (Lipinski definition) is 2. The first-order chi connectivity index (χ1) is 12.6. The molecule has 27 heavy (non-hydrogen) atoms. The lowest BCUT2D eigenvalue weighted by atomic mass is 9.67. The van der Waals surface area contributed by atoms with Gasteiger partial charge >= 0.3 is 5.97 Å². The molecule has 0 aromatic heterocycles. The number of cyclic esters (lactones) is 1. The molecular formula is C18H27NO8. The number of amides is 1. The first kappa shape index (κ1) is 19.1. The van der Waals surface area contributed by atoms with E-state index in [4.69, 9.17) is 18.9 Å². The second kappa shape index (κ2) is 6.12. The molecular weight excluding hydrogens is 358 g/mol. The predicted octanol–water partition coefficient (Wildman–Crippen LogP) is -0.963. The Balaban J connectivity index is 1.62. The standard InChI is InChI=1S/C18H27NO8/c1-17(2)26-6-9(27-17)12(21)13(22)11-8-5-10(20)25-7-18(8,3)15-14(24-4)16(23)19(11)15/h8-9,11-15,21-22H,5-7H2,1-4H3/t8-,9+,11-,12-,13+,14-,15-,18-/m0/s1. The lowest BCUT2D eigenvalue weighted by Crippen LogP contribution is -2.70. The monoisotopic (exact) mass is 385 g/mol. The molecule has 0 aliphatic carbocycles. The van der Waals surface area contributed by atoms with Crippen LogP contribution in [0.15, 0.2) is 0 Å². The normalized spacial score (nSPS) is 45.0. The van der Waals surface area contributed by atoms with Crippen molar-refractivity contribution in [1.82, 2.24) is 4.90 Å². The van der Waals surface area contributed by atoms with Crippen molar-refractivity contribution in [2.24, 2.45) is 11.3 Å². The van der Waals surface area contributed by atoms with Crippen molar-refractivity contribution in [2.75, 3.05) is 20.3 Å². The number of fused-ring (bicyclic) bond motifs is 3. The van der Waals surface area contributed by atoms with Crippen molar-refractivity contribution >= 4 is 11.9 Å². The molecule has 2 N–H and O–H groups in total. The van der Waals surface area contributed by atoms with Gasteiger partial charge in [0.25, 0.3) is 5.91 Å². The van der Waals surface area contributed by atoms with Crippen molar-refractivity contribution < 1.29 is 38.7 Å². The van der Waals surface area contributed by atoms with E-state index in [0.29, 0.717) is 0 Å². The molecule has 9 nitrogen and oxygen atoms in total. The number of methoxy groups -OCH3 is 1. The highest BCUT2D eigenvalue weighted by atomic mass is 16.7. The van der Waals surface area contributed by atoms with Gasteiger partial charge in [0.1, 0.15) is 18.3 Å². The van der Waals surface area contributed by atoms with Crippen LogP contribution >= 0.6 is 0 Å². The molecule has 4 saturated heterocycles. The van der Waals surface area contributed by atoms with Gasteiger partial charge in [-0.2, -0.15) is 0 Å². The van der Waals surface area contributed by atoms with E-state index in [9.17, 15) is 19.8 Å². The Kier molecular flexibility index (Phi) is 4.32. The number of aliphatic hydroxyl groups is 2. The molecule has 0 radical (unpaired) electrons. The maximum Gasteiger partial charge on any atom is 0.306 e. The summed E-state index contributed by atoms with van der Waals surface area (Å²) in [5.41, 5.74) is -0.542. The minimum atomic E-state index is -1.28.